The summed E-state index contributed by atoms with van der Waals surface area (Å²) >= 11 is 1.41. The number of carbonyl (C=O) groups excluding carboxylic acids is 2. The lowest BCUT2D eigenvalue weighted by Crippen LogP contribution is -2.47. The molecule has 2 fully saturated rings. The van der Waals surface area contributed by atoms with Crippen LogP contribution in [0, 0.1) is 23.6 Å². The molecule has 1 aliphatic carbocycles. The van der Waals surface area contributed by atoms with Crippen molar-refractivity contribution >= 4 is 23.2 Å². The molecule has 37 heavy (non-hydrogen) atoms. The SMILES string of the molecule is CC(C)CN(Cc1ccc(F)cc1)C1CC(C(=O)NCC2CCCC(CN)C2)N(C(=O)c2cccs2)C1. The normalized spacial score (nSPS) is 24.1. The molecule has 1 saturated heterocycles. The van der Waals surface area contributed by atoms with E-state index in [0.717, 1.165) is 31.4 Å². The standard InChI is InChI=1S/C29H41FN4O2S/c1-20(2)17-33(18-21-8-10-24(30)11-9-21)25-14-26(34(19-25)29(36)27-7-4-12-37-27)28(35)32-16-23-6-3-5-22(13-23)15-31/h4,7-12,20,22-23,25-26H,3,5-6,13-19,31H2,1-2H3,(H,32,35). The van der Waals surface area contributed by atoms with E-state index < -0.39 is 6.04 Å². The number of amides is 2. The highest BCUT2D eigenvalue weighted by molar-refractivity contribution is 7.12. The van der Waals surface area contributed by atoms with Crippen molar-refractivity contribution in [2.45, 2.75) is 64.6 Å². The summed E-state index contributed by atoms with van der Waals surface area (Å²) in [5.74, 6) is 1.01. The maximum atomic E-state index is 13.5. The van der Waals surface area contributed by atoms with Crippen LogP contribution in [0.4, 0.5) is 4.39 Å². The van der Waals surface area contributed by atoms with Gasteiger partial charge in [-0.25, -0.2) is 4.39 Å². The predicted molar refractivity (Wildman–Crippen MR) is 147 cm³/mol. The van der Waals surface area contributed by atoms with Crippen molar-refractivity contribution in [3.05, 3.63) is 58.0 Å². The third-order valence-corrected chi connectivity index (χ3v) is 8.64. The number of carbonyl (C=O) groups is 2. The lowest BCUT2D eigenvalue weighted by molar-refractivity contribution is -0.125. The van der Waals surface area contributed by atoms with E-state index in [2.05, 4.69) is 24.1 Å². The van der Waals surface area contributed by atoms with Gasteiger partial charge in [0.15, 0.2) is 0 Å². The topological polar surface area (TPSA) is 78.7 Å². The molecule has 6 nitrogen and oxygen atoms in total. The third-order valence-electron chi connectivity index (χ3n) is 7.78. The number of nitrogens with zero attached hydrogens (tertiary/aromatic N) is 2. The first-order valence-corrected chi connectivity index (χ1v) is 14.5. The van der Waals surface area contributed by atoms with Gasteiger partial charge in [-0.05, 0) is 79.1 Å². The van der Waals surface area contributed by atoms with Crippen LogP contribution in [-0.2, 0) is 11.3 Å². The molecule has 2 aromatic rings. The van der Waals surface area contributed by atoms with Crippen molar-refractivity contribution in [3.8, 4) is 0 Å². The molecule has 1 aromatic carbocycles. The highest BCUT2D eigenvalue weighted by Crippen LogP contribution is 2.30. The molecule has 3 N–H and O–H groups in total. The van der Waals surface area contributed by atoms with E-state index in [-0.39, 0.29) is 23.7 Å². The first-order chi connectivity index (χ1) is 17.8. The summed E-state index contributed by atoms with van der Waals surface area (Å²) in [6.45, 7) is 7.68. The molecule has 202 valence electrons. The molecule has 4 rings (SSSR count). The number of halogens is 1. The van der Waals surface area contributed by atoms with Crippen LogP contribution in [0.3, 0.4) is 0 Å². The Bertz CT molecular complexity index is 1010. The molecular weight excluding hydrogens is 487 g/mol. The number of rotatable bonds is 10. The zero-order chi connectivity index (χ0) is 26.4. The van der Waals surface area contributed by atoms with Crippen molar-refractivity contribution < 1.29 is 14.0 Å². The summed E-state index contributed by atoms with van der Waals surface area (Å²) in [6.07, 6.45) is 5.09. The minimum Gasteiger partial charge on any atom is -0.354 e. The summed E-state index contributed by atoms with van der Waals surface area (Å²) < 4.78 is 13.5. The molecule has 2 amide bonds. The summed E-state index contributed by atoms with van der Waals surface area (Å²) in [7, 11) is 0. The van der Waals surface area contributed by atoms with Crippen LogP contribution < -0.4 is 11.1 Å². The molecule has 2 heterocycles. The fourth-order valence-electron chi connectivity index (χ4n) is 5.89. The molecule has 1 aliphatic heterocycles. The number of thiophene rings is 1. The lowest BCUT2D eigenvalue weighted by atomic mass is 9.81. The van der Waals surface area contributed by atoms with E-state index >= 15 is 0 Å². The van der Waals surface area contributed by atoms with E-state index in [1.54, 1.807) is 4.90 Å². The van der Waals surface area contributed by atoms with Gasteiger partial charge in [-0.15, -0.1) is 11.3 Å². The largest absolute Gasteiger partial charge is 0.354 e. The Morgan fingerprint density at radius 3 is 2.59 bits per heavy atom. The zero-order valence-corrected chi connectivity index (χ0v) is 22.9. The van der Waals surface area contributed by atoms with Crippen molar-refractivity contribution in [1.82, 2.24) is 15.1 Å². The van der Waals surface area contributed by atoms with Gasteiger partial charge < -0.3 is 16.0 Å². The lowest BCUT2D eigenvalue weighted by Gasteiger charge is -2.30. The van der Waals surface area contributed by atoms with E-state index in [1.807, 2.05) is 29.6 Å². The van der Waals surface area contributed by atoms with Gasteiger partial charge in [-0.3, -0.25) is 14.5 Å². The van der Waals surface area contributed by atoms with Gasteiger partial charge >= 0.3 is 0 Å². The number of hydrogen-bond acceptors (Lipinski definition) is 5. The van der Waals surface area contributed by atoms with E-state index in [9.17, 15) is 14.0 Å². The van der Waals surface area contributed by atoms with Gasteiger partial charge in [0.25, 0.3) is 5.91 Å². The Morgan fingerprint density at radius 1 is 1.16 bits per heavy atom. The van der Waals surface area contributed by atoms with Gasteiger partial charge in [0.2, 0.25) is 5.91 Å². The molecule has 8 heteroatoms. The minimum absolute atomic E-state index is 0.0448. The quantitative estimate of drug-likeness (QED) is 0.476. The van der Waals surface area contributed by atoms with Gasteiger partial charge in [-0.2, -0.15) is 0 Å². The zero-order valence-electron chi connectivity index (χ0n) is 22.1. The Morgan fingerprint density at radius 2 is 1.92 bits per heavy atom. The van der Waals surface area contributed by atoms with E-state index in [4.69, 9.17) is 5.73 Å². The van der Waals surface area contributed by atoms with Crippen LogP contribution in [0.25, 0.3) is 0 Å². The van der Waals surface area contributed by atoms with E-state index in [0.29, 0.717) is 55.2 Å². The number of nitrogens with two attached hydrogens (primary N) is 1. The summed E-state index contributed by atoms with van der Waals surface area (Å²) in [5.41, 5.74) is 6.93. The highest BCUT2D eigenvalue weighted by atomic mass is 32.1. The maximum Gasteiger partial charge on any atom is 0.264 e. The average molecular weight is 529 g/mol. The van der Waals surface area contributed by atoms with Crippen molar-refractivity contribution in [3.63, 3.8) is 0 Å². The average Bonchev–Trinajstić information content (AvgIpc) is 3.59. The highest BCUT2D eigenvalue weighted by Gasteiger charge is 2.42. The first-order valence-electron chi connectivity index (χ1n) is 13.6. The molecule has 1 saturated carbocycles. The van der Waals surface area contributed by atoms with Crippen molar-refractivity contribution in [2.75, 3.05) is 26.2 Å². The summed E-state index contributed by atoms with van der Waals surface area (Å²) in [4.78, 5) is 31.8. The number of likely N-dealkylation sites (tertiary alicyclic amines) is 1. The van der Waals surface area contributed by atoms with Crippen molar-refractivity contribution in [2.24, 2.45) is 23.5 Å². The van der Waals surface area contributed by atoms with Crippen LogP contribution in [-0.4, -0.2) is 59.9 Å². The van der Waals surface area contributed by atoms with Gasteiger partial charge in [-0.1, -0.05) is 38.5 Å². The van der Waals surface area contributed by atoms with Crippen LogP contribution in [0.2, 0.25) is 0 Å². The summed E-state index contributed by atoms with van der Waals surface area (Å²) in [6, 6.07) is 9.84. The van der Waals surface area contributed by atoms with E-state index in [1.165, 1.54) is 29.9 Å². The van der Waals surface area contributed by atoms with Crippen molar-refractivity contribution in [1.29, 1.82) is 0 Å². The fraction of sp³-hybridized carbons (Fsp3) is 0.586. The minimum atomic E-state index is -0.503. The van der Waals surface area contributed by atoms with Gasteiger partial charge in [0, 0.05) is 32.2 Å². The Balaban J connectivity index is 1.49. The molecule has 0 spiro atoms. The summed E-state index contributed by atoms with van der Waals surface area (Å²) in [5, 5.41) is 5.09. The van der Waals surface area contributed by atoms with Crippen LogP contribution in [0.1, 0.15) is 61.2 Å². The van der Waals surface area contributed by atoms with Gasteiger partial charge in [0.05, 0.1) is 4.88 Å². The van der Waals surface area contributed by atoms with Crippen LogP contribution in [0.15, 0.2) is 41.8 Å². The fourth-order valence-corrected chi connectivity index (χ4v) is 6.57. The number of nitrogens with one attached hydrogen (secondary N) is 1. The Hall–Kier alpha value is -2.29. The molecule has 0 bridgehead atoms. The predicted octanol–water partition coefficient (Wildman–Crippen LogP) is 4.51. The molecule has 4 unspecified atom stereocenters. The second-order valence-corrected chi connectivity index (χ2v) is 12.1. The third kappa shape index (κ3) is 7.39. The number of benzene rings is 1. The molecular formula is C29H41FN4O2S. The molecule has 4 atom stereocenters. The number of hydrogen-bond donors (Lipinski definition) is 2. The molecule has 0 radical (unpaired) electrons. The van der Waals surface area contributed by atoms with Crippen LogP contribution >= 0.6 is 11.3 Å². The van der Waals surface area contributed by atoms with Crippen LogP contribution in [0.5, 0.6) is 0 Å². The smallest absolute Gasteiger partial charge is 0.264 e. The maximum absolute atomic E-state index is 13.5. The van der Waals surface area contributed by atoms with Gasteiger partial charge in [0.1, 0.15) is 11.9 Å². The second-order valence-electron chi connectivity index (χ2n) is 11.2. The Labute approximate surface area is 224 Å². The molecule has 1 aromatic heterocycles. The Kier molecular flexibility index (Phi) is 9.73. The second kappa shape index (κ2) is 13.0. The molecule has 2 aliphatic rings. The first kappa shape index (κ1) is 27.7. The monoisotopic (exact) mass is 528 g/mol.